The summed E-state index contributed by atoms with van der Waals surface area (Å²) in [5, 5.41) is 11.0. The molecule has 0 saturated carbocycles. The highest BCUT2D eigenvalue weighted by atomic mass is 35.5. The van der Waals surface area contributed by atoms with Crippen molar-refractivity contribution in [2.45, 2.75) is 18.0 Å². The largest absolute Gasteiger partial charge is 0.269 e. The van der Waals surface area contributed by atoms with Crippen molar-refractivity contribution in [3.63, 3.8) is 0 Å². The van der Waals surface area contributed by atoms with Crippen molar-refractivity contribution in [3.05, 3.63) is 62.9 Å². The third-order valence-electron chi connectivity index (χ3n) is 3.41. The Labute approximate surface area is 131 Å². The molecule has 0 aliphatic carbocycles. The van der Waals surface area contributed by atoms with Crippen LogP contribution in [0, 0.1) is 10.1 Å². The molecular weight excluding hydrogens is 330 g/mol. The number of aromatic nitrogens is 1. The number of non-ortho nitro benzene ring substituents is 1. The van der Waals surface area contributed by atoms with Gasteiger partial charge >= 0.3 is 0 Å². The number of fused-ring (bicyclic) bond motifs is 1. The highest BCUT2D eigenvalue weighted by molar-refractivity contribution is 7.89. The molecular formula is C13H10ClN3O4S. The normalized spacial score (nSPS) is 14.8. The SMILES string of the molecule is O=[N+]([O-])c1ccc2c(c1)CN(S(=O)(=O)c1cncc(Cl)c1)C2. The molecule has 22 heavy (non-hydrogen) atoms. The van der Waals surface area contributed by atoms with E-state index in [1.807, 2.05) is 0 Å². The van der Waals surface area contributed by atoms with Gasteiger partial charge in [-0.25, -0.2) is 8.42 Å². The Hall–Kier alpha value is -2.03. The molecule has 7 nitrogen and oxygen atoms in total. The molecule has 1 aliphatic rings. The summed E-state index contributed by atoms with van der Waals surface area (Å²) < 4.78 is 26.4. The highest BCUT2D eigenvalue weighted by Gasteiger charge is 2.31. The maximum Gasteiger partial charge on any atom is 0.269 e. The van der Waals surface area contributed by atoms with E-state index in [9.17, 15) is 18.5 Å². The zero-order valence-corrected chi connectivity index (χ0v) is 12.7. The van der Waals surface area contributed by atoms with Gasteiger partial charge in [0.1, 0.15) is 4.90 Å². The summed E-state index contributed by atoms with van der Waals surface area (Å²) >= 11 is 5.78. The summed E-state index contributed by atoms with van der Waals surface area (Å²) in [7, 11) is -3.75. The van der Waals surface area contributed by atoms with Crippen molar-refractivity contribution >= 4 is 27.3 Å². The Kier molecular flexibility index (Phi) is 3.59. The van der Waals surface area contributed by atoms with Gasteiger partial charge in [0, 0.05) is 37.6 Å². The molecule has 0 saturated heterocycles. The van der Waals surface area contributed by atoms with Gasteiger partial charge in [-0.15, -0.1) is 0 Å². The lowest BCUT2D eigenvalue weighted by molar-refractivity contribution is -0.384. The zero-order chi connectivity index (χ0) is 15.9. The number of hydrogen-bond acceptors (Lipinski definition) is 5. The van der Waals surface area contributed by atoms with Crippen LogP contribution in [0.15, 0.2) is 41.6 Å². The van der Waals surface area contributed by atoms with Gasteiger partial charge in [0.15, 0.2) is 0 Å². The molecule has 0 fully saturated rings. The van der Waals surface area contributed by atoms with Crippen LogP contribution in [0.4, 0.5) is 5.69 Å². The minimum atomic E-state index is -3.75. The van der Waals surface area contributed by atoms with E-state index in [4.69, 9.17) is 11.6 Å². The average Bonchev–Trinajstić information content (AvgIpc) is 2.90. The van der Waals surface area contributed by atoms with E-state index in [-0.39, 0.29) is 28.7 Å². The molecule has 0 atom stereocenters. The minimum Gasteiger partial charge on any atom is -0.262 e. The summed E-state index contributed by atoms with van der Waals surface area (Å²) in [6, 6.07) is 5.69. The van der Waals surface area contributed by atoms with Crippen molar-refractivity contribution in [2.75, 3.05) is 0 Å². The monoisotopic (exact) mass is 339 g/mol. The van der Waals surface area contributed by atoms with E-state index < -0.39 is 14.9 Å². The second kappa shape index (κ2) is 5.31. The molecule has 1 aromatic heterocycles. The molecule has 1 aromatic carbocycles. The summed E-state index contributed by atoms with van der Waals surface area (Å²) in [6.45, 7) is 0.258. The Morgan fingerprint density at radius 2 is 1.91 bits per heavy atom. The van der Waals surface area contributed by atoms with Gasteiger partial charge in [0.2, 0.25) is 10.0 Å². The fourth-order valence-corrected chi connectivity index (χ4v) is 3.94. The first-order valence-corrected chi connectivity index (χ1v) is 8.06. The van der Waals surface area contributed by atoms with E-state index in [2.05, 4.69) is 4.98 Å². The van der Waals surface area contributed by atoms with Crippen LogP contribution in [0.3, 0.4) is 0 Å². The van der Waals surface area contributed by atoms with Gasteiger partial charge in [0.25, 0.3) is 5.69 Å². The highest BCUT2D eigenvalue weighted by Crippen LogP contribution is 2.31. The lowest BCUT2D eigenvalue weighted by atomic mass is 10.1. The summed E-state index contributed by atoms with van der Waals surface area (Å²) in [6.07, 6.45) is 2.58. The molecule has 3 rings (SSSR count). The van der Waals surface area contributed by atoms with Crippen LogP contribution in [0.5, 0.6) is 0 Å². The standard InChI is InChI=1S/C13H10ClN3O4S/c14-11-4-13(6-15-5-11)22(20,21)16-7-9-1-2-12(17(18)19)3-10(9)8-16/h1-6H,7-8H2. The van der Waals surface area contributed by atoms with Crippen LogP contribution >= 0.6 is 11.6 Å². The first-order valence-electron chi connectivity index (χ1n) is 6.25. The molecule has 0 bridgehead atoms. The van der Waals surface area contributed by atoms with Crippen LogP contribution in [-0.2, 0) is 23.1 Å². The predicted molar refractivity (Wildman–Crippen MR) is 78.8 cm³/mol. The molecule has 114 valence electrons. The van der Waals surface area contributed by atoms with E-state index >= 15 is 0 Å². The average molecular weight is 340 g/mol. The van der Waals surface area contributed by atoms with E-state index in [0.29, 0.717) is 5.56 Å². The second-order valence-electron chi connectivity index (χ2n) is 4.82. The lowest BCUT2D eigenvalue weighted by Crippen LogP contribution is -2.25. The molecule has 0 N–H and O–H groups in total. The number of sulfonamides is 1. The van der Waals surface area contributed by atoms with Crippen molar-refractivity contribution in [3.8, 4) is 0 Å². The number of nitrogens with zero attached hydrogens (tertiary/aromatic N) is 3. The molecule has 9 heteroatoms. The first kappa shape index (κ1) is 14.9. The number of benzene rings is 1. The van der Waals surface area contributed by atoms with Crippen molar-refractivity contribution in [2.24, 2.45) is 0 Å². The third-order valence-corrected chi connectivity index (χ3v) is 5.38. The number of hydrogen-bond donors (Lipinski definition) is 0. The van der Waals surface area contributed by atoms with Gasteiger partial charge in [-0.3, -0.25) is 15.1 Å². The molecule has 2 aromatic rings. The number of halogens is 1. The number of nitro groups is 1. The molecule has 0 amide bonds. The molecule has 1 aliphatic heterocycles. The van der Waals surface area contributed by atoms with Crippen LogP contribution in [0.1, 0.15) is 11.1 Å². The number of rotatable bonds is 3. The van der Waals surface area contributed by atoms with Crippen LogP contribution < -0.4 is 0 Å². The quantitative estimate of drug-likeness (QED) is 0.632. The van der Waals surface area contributed by atoms with E-state index in [1.165, 1.54) is 34.9 Å². The van der Waals surface area contributed by atoms with Crippen molar-refractivity contribution in [1.82, 2.24) is 9.29 Å². The van der Waals surface area contributed by atoms with Crippen molar-refractivity contribution < 1.29 is 13.3 Å². The fraction of sp³-hybridized carbons (Fsp3) is 0.154. The Balaban J connectivity index is 1.94. The van der Waals surface area contributed by atoms with Gasteiger partial charge in [-0.05, 0) is 17.2 Å². The topological polar surface area (TPSA) is 93.4 Å². The summed E-state index contributed by atoms with van der Waals surface area (Å²) in [4.78, 5) is 14.1. The van der Waals surface area contributed by atoms with Crippen molar-refractivity contribution in [1.29, 1.82) is 0 Å². The molecule has 0 unspecified atom stereocenters. The van der Waals surface area contributed by atoms with Gasteiger partial charge in [-0.2, -0.15) is 4.31 Å². The van der Waals surface area contributed by atoms with Crippen LogP contribution in [0.25, 0.3) is 0 Å². The summed E-state index contributed by atoms with van der Waals surface area (Å²) in [5.74, 6) is 0. The van der Waals surface area contributed by atoms with Gasteiger partial charge in [-0.1, -0.05) is 17.7 Å². The predicted octanol–water partition coefficient (Wildman–Crippen LogP) is 2.35. The molecule has 0 radical (unpaired) electrons. The van der Waals surface area contributed by atoms with E-state index in [0.717, 1.165) is 5.56 Å². The van der Waals surface area contributed by atoms with Crippen LogP contribution in [0.2, 0.25) is 5.02 Å². The zero-order valence-electron chi connectivity index (χ0n) is 11.1. The minimum absolute atomic E-state index is 0.00214. The Bertz CT molecular complexity index is 869. The second-order valence-corrected chi connectivity index (χ2v) is 7.20. The summed E-state index contributed by atoms with van der Waals surface area (Å²) in [5.41, 5.74) is 1.33. The smallest absolute Gasteiger partial charge is 0.262 e. The Morgan fingerprint density at radius 1 is 1.18 bits per heavy atom. The maximum atomic E-state index is 12.6. The Morgan fingerprint density at radius 3 is 2.59 bits per heavy atom. The molecule has 0 spiro atoms. The molecule has 2 heterocycles. The fourth-order valence-electron chi connectivity index (χ4n) is 2.32. The lowest BCUT2D eigenvalue weighted by Gasteiger charge is -2.15. The van der Waals surface area contributed by atoms with Gasteiger partial charge < -0.3 is 0 Å². The number of nitro benzene ring substituents is 1. The maximum absolute atomic E-state index is 12.6. The first-order chi connectivity index (χ1) is 10.4. The third kappa shape index (κ3) is 2.56. The van der Waals surface area contributed by atoms with Crippen LogP contribution in [-0.4, -0.2) is 22.6 Å². The number of pyridine rings is 1. The van der Waals surface area contributed by atoms with E-state index in [1.54, 1.807) is 6.07 Å². The van der Waals surface area contributed by atoms with Gasteiger partial charge in [0.05, 0.1) is 9.95 Å².